The SMILES string of the molecule is CC(C)(C)NCCc1coc2c(F)c(Cl)ccc12. The van der Waals surface area contributed by atoms with Crippen LogP contribution >= 0.6 is 11.6 Å². The van der Waals surface area contributed by atoms with Crippen LogP contribution in [0.25, 0.3) is 11.0 Å². The van der Waals surface area contributed by atoms with Gasteiger partial charge in [0.05, 0.1) is 11.3 Å². The number of hydrogen-bond acceptors (Lipinski definition) is 2. The molecule has 1 aromatic heterocycles. The van der Waals surface area contributed by atoms with E-state index >= 15 is 0 Å². The highest BCUT2D eigenvalue weighted by Gasteiger charge is 2.14. The van der Waals surface area contributed by atoms with Gasteiger partial charge in [0, 0.05) is 10.9 Å². The van der Waals surface area contributed by atoms with Gasteiger partial charge in [-0.05, 0) is 51.4 Å². The van der Waals surface area contributed by atoms with Crippen LogP contribution in [0.1, 0.15) is 26.3 Å². The van der Waals surface area contributed by atoms with Crippen LogP contribution in [-0.2, 0) is 6.42 Å². The van der Waals surface area contributed by atoms with Gasteiger partial charge in [-0.15, -0.1) is 0 Å². The molecule has 0 radical (unpaired) electrons. The second kappa shape index (κ2) is 4.90. The normalized spacial score (nSPS) is 12.3. The van der Waals surface area contributed by atoms with Crippen LogP contribution in [0, 0.1) is 5.82 Å². The van der Waals surface area contributed by atoms with Crippen LogP contribution in [0.3, 0.4) is 0 Å². The van der Waals surface area contributed by atoms with Gasteiger partial charge in [-0.1, -0.05) is 11.6 Å². The van der Waals surface area contributed by atoms with Crippen molar-refractivity contribution in [2.75, 3.05) is 6.54 Å². The Balaban J connectivity index is 2.18. The quantitative estimate of drug-likeness (QED) is 0.905. The molecule has 0 spiro atoms. The van der Waals surface area contributed by atoms with Gasteiger partial charge in [0.15, 0.2) is 11.4 Å². The van der Waals surface area contributed by atoms with Crippen LogP contribution < -0.4 is 5.32 Å². The number of halogens is 2. The zero-order valence-electron chi connectivity index (χ0n) is 10.8. The average molecular weight is 270 g/mol. The zero-order valence-corrected chi connectivity index (χ0v) is 11.6. The van der Waals surface area contributed by atoms with E-state index in [4.69, 9.17) is 16.0 Å². The molecule has 0 fully saturated rings. The predicted octanol–water partition coefficient (Wildman–Crippen LogP) is 4.16. The van der Waals surface area contributed by atoms with Gasteiger partial charge in [0.25, 0.3) is 0 Å². The highest BCUT2D eigenvalue weighted by molar-refractivity contribution is 6.31. The van der Waals surface area contributed by atoms with Crippen molar-refractivity contribution in [3.8, 4) is 0 Å². The number of hydrogen-bond donors (Lipinski definition) is 1. The molecule has 2 nitrogen and oxygen atoms in total. The fourth-order valence-electron chi connectivity index (χ4n) is 1.86. The summed E-state index contributed by atoms with van der Waals surface area (Å²) in [5.41, 5.74) is 1.32. The Bertz CT molecular complexity index is 557. The van der Waals surface area contributed by atoms with Crippen molar-refractivity contribution in [1.82, 2.24) is 5.32 Å². The van der Waals surface area contributed by atoms with Gasteiger partial charge in [0.1, 0.15) is 0 Å². The Labute approximate surface area is 111 Å². The Hall–Kier alpha value is -1.06. The third-order valence-electron chi connectivity index (χ3n) is 2.76. The molecular weight excluding hydrogens is 253 g/mol. The topological polar surface area (TPSA) is 25.2 Å². The monoisotopic (exact) mass is 269 g/mol. The van der Waals surface area contributed by atoms with E-state index in [1.807, 2.05) is 0 Å². The first-order valence-corrected chi connectivity index (χ1v) is 6.35. The molecule has 1 heterocycles. The molecule has 2 aromatic rings. The maximum absolute atomic E-state index is 13.7. The molecular formula is C14H17ClFNO. The fraction of sp³-hybridized carbons (Fsp3) is 0.429. The summed E-state index contributed by atoms with van der Waals surface area (Å²) < 4.78 is 18.9. The predicted molar refractivity (Wildman–Crippen MR) is 72.6 cm³/mol. The summed E-state index contributed by atoms with van der Waals surface area (Å²) in [6.45, 7) is 7.15. The van der Waals surface area contributed by atoms with Crippen molar-refractivity contribution in [2.45, 2.75) is 32.7 Å². The Morgan fingerprint density at radius 3 is 2.72 bits per heavy atom. The van der Waals surface area contributed by atoms with E-state index in [-0.39, 0.29) is 16.1 Å². The van der Waals surface area contributed by atoms with Crippen molar-refractivity contribution in [3.05, 3.63) is 34.8 Å². The van der Waals surface area contributed by atoms with Crippen molar-refractivity contribution in [3.63, 3.8) is 0 Å². The average Bonchev–Trinajstić information content (AvgIpc) is 2.66. The van der Waals surface area contributed by atoms with Crippen LogP contribution in [-0.4, -0.2) is 12.1 Å². The van der Waals surface area contributed by atoms with Crippen molar-refractivity contribution >= 4 is 22.6 Å². The third kappa shape index (κ3) is 2.85. The molecule has 0 bridgehead atoms. The minimum Gasteiger partial charge on any atom is -0.461 e. The molecule has 0 atom stereocenters. The summed E-state index contributed by atoms with van der Waals surface area (Å²) in [6, 6.07) is 3.37. The number of nitrogens with one attached hydrogen (secondary N) is 1. The Morgan fingerprint density at radius 1 is 1.33 bits per heavy atom. The smallest absolute Gasteiger partial charge is 0.184 e. The second-order valence-corrected chi connectivity index (χ2v) is 5.83. The van der Waals surface area contributed by atoms with Crippen LogP contribution in [0.5, 0.6) is 0 Å². The lowest BCUT2D eigenvalue weighted by Crippen LogP contribution is -2.37. The number of fused-ring (bicyclic) bond motifs is 1. The van der Waals surface area contributed by atoms with Gasteiger partial charge in [0.2, 0.25) is 0 Å². The lowest BCUT2D eigenvalue weighted by atomic mass is 10.1. The standard InChI is InChI=1S/C14H17ClFNO/c1-14(2,3)17-7-6-9-8-18-13-10(9)4-5-11(15)12(13)16/h4-5,8,17H,6-7H2,1-3H3. The summed E-state index contributed by atoms with van der Waals surface area (Å²) >= 11 is 5.71. The van der Waals surface area contributed by atoms with Gasteiger partial charge in [-0.25, -0.2) is 4.39 Å². The first kappa shape index (κ1) is 13.4. The van der Waals surface area contributed by atoms with Gasteiger partial charge < -0.3 is 9.73 Å². The molecule has 0 saturated carbocycles. The lowest BCUT2D eigenvalue weighted by molar-refractivity contribution is 0.429. The van der Waals surface area contributed by atoms with Crippen molar-refractivity contribution in [2.24, 2.45) is 0 Å². The van der Waals surface area contributed by atoms with E-state index in [0.29, 0.717) is 0 Å². The second-order valence-electron chi connectivity index (χ2n) is 5.43. The van der Waals surface area contributed by atoms with Gasteiger partial charge >= 0.3 is 0 Å². The first-order chi connectivity index (χ1) is 8.38. The minimum absolute atomic E-state index is 0.0775. The van der Waals surface area contributed by atoms with E-state index in [1.165, 1.54) is 0 Å². The molecule has 0 saturated heterocycles. The van der Waals surface area contributed by atoms with Gasteiger partial charge in [-0.2, -0.15) is 0 Å². The summed E-state index contributed by atoms with van der Waals surface area (Å²) in [5.74, 6) is -0.482. The zero-order chi connectivity index (χ0) is 13.3. The minimum atomic E-state index is -0.482. The Kier molecular flexibility index (Phi) is 3.64. The molecule has 98 valence electrons. The molecule has 1 aromatic carbocycles. The molecule has 18 heavy (non-hydrogen) atoms. The van der Waals surface area contributed by atoms with E-state index in [9.17, 15) is 4.39 Å². The Morgan fingerprint density at radius 2 is 2.06 bits per heavy atom. The molecule has 0 amide bonds. The molecule has 0 aliphatic rings. The van der Waals surface area contributed by atoms with E-state index in [1.54, 1.807) is 18.4 Å². The van der Waals surface area contributed by atoms with Crippen molar-refractivity contribution < 1.29 is 8.81 Å². The highest BCUT2D eigenvalue weighted by atomic mass is 35.5. The molecule has 2 rings (SSSR count). The molecule has 0 aliphatic carbocycles. The number of benzene rings is 1. The third-order valence-corrected chi connectivity index (χ3v) is 3.06. The van der Waals surface area contributed by atoms with Crippen LogP contribution in [0.4, 0.5) is 4.39 Å². The van der Waals surface area contributed by atoms with Crippen molar-refractivity contribution in [1.29, 1.82) is 0 Å². The summed E-state index contributed by atoms with van der Waals surface area (Å²) in [7, 11) is 0. The highest BCUT2D eigenvalue weighted by Crippen LogP contribution is 2.28. The molecule has 0 aliphatic heterocycles. The van der Waals surface area contributed by atoms with E-state index < -0.39 is 5.82 Å². The molecule has 4 heteroatoms. The number of rotatable bonds is 3. The van der Waals surface area contributed by atoms with Crippen LogP contribution in [0.2, 0.25) is 5.02 Å². The molecule has 1 N–H and O–H groups in total. The van der Waals surface area contributed by atoms with Gasteiger partial charge in [-0.3, -0.25) is 0 Å². The maximum atomic E-state index is 13.7. The number of furan rings is 1. The summed E-state index contributed by atoms with van der Waals surface area (Å²) in [6.07, 6.45) is 2.40. The van der Waals surface area contributed by atoms with E-state index in [0.717, 1.165) is 23.9 Å². The molecule has 0 unspecified atom stereocenters. The summed E-state index contributed by atoms with van der Waals surface area (Å²) in [4.78, 5) is 0. The fourth-order valence-corrected chi connectivity index (χ4v) is 2.01. The first-order valence-electron chi connectivity index (χ1n) is 5.97. The maximum Gasteiger partial charge on any atom is 0.184 e. The van der Waals surface area contributed by atoms with Crippen LogP contribution in [0.15, 0.2) is 22.8 Å². The van der Waals surface area contributed by atoms with E-state index in [2.05, 4.69) is 26.1 Å². The largest absolute Gasteiger partial charge is 0.461 e. The lowest BCUT2D eigenvalue weighted by Gasteiger charge is -2.20. The summed E-state index contributed by atoms with van der Waals surface area (Å²) in [5, 5.41) is 4.28.